The van der Waals surface area contributed by atoms with Crippen molar-refractivity contribution in [3.63, 3.8) is 0 Å². The SMILES string of the molecule is Cc1ccc(NC(=O)[C@@]23CCCC[C@H]2CNC3)cc1S(N)(=O)=O.Cl. The van der Waals surface area contributed by atoms with E-state index in [1.807, 2.05) is 0 Å². The molecule has 0 bridgehead atoms. The lowest BCUT2D eigenvalue weighted by Gasteiger charge is -2.37. The third kappa shape index (κ3) is 3.44. The Balaban J connectivity index is 0.00000208. The summed E-state index contributed by atoms with van der Waals surface area (Å²) in [6.45, 7) is 3.25. The van der Waals surface area contributed by atoms with Gasteiger partial charge in [0.05, 0.1) is 10.3 Å². The lowest BCUT2D eigenvalue weighted by atomic mass is 9.67. The highest BCUT2D eigenvalue weighted by atomic mass is 35.5. The molecule has 0 unspecified atom stereocenters. The molecule has 0 radical (unpaired) electrons. The summed E-state index contributed by atoms with van der Waals surface area (Å²) < 4.78 is 23.3. The van der Waals surface area contributed by atoms with E-state index in [-0.39, 0.29) is 28.6 Å². The van der Waals surface area contributed by atoms with Crippen molar-refractivity contribution in [2.45, 2.75) is 37.5 Å². The van der Waals surface area contributed by atoms with Crippen LogP contribution in [0.5, 0.6) is 0 Å². The van der Waals surface area contributed by atoms with Gasteiger partial charge in [-0.15, -0.1) is 12.4 Å². The Morgan fingerprint density at radius 2 is 2.12 bits per heavy atom. The summed E-state index contributed by atoms with van der Waals surface area (Å²) in [6.07, 6.45) is 4.17. The monoisotopic (exact) mass is 373 g/mol. The molecule has 2 atom stereocenters. The van der Waals surface area contributed by atoms with Gasteiger partial charge in [0.2, 0.25) is 15.9 Å². The summed E-state index contributed by atoms with van der Waals surface area (Å²) in [5.41, 5.74) is 0.683. The molecule has 6 nitrogen and oxygen atoms in total. The number of nitrogens with one attached hydrogen (secondary N) is 2. The van der Waals surface area contributed by atoms with E-state index in [4.69, 9.17) is 5.14 Å². The fourth-order valence-corrected chi connectivity index (χ4v) is 4.74. The van der Waals surface area contributed by atoms with Crippen molar-refractivity contribution in [3.8, 4) is 0 Å². The lowest BCUT2D eigenvalue weighted by molar-refractivity contribution is -0.128. The van der Waals surface area contributed by atoms with Gasteiger partial charge in [0, 0.05) is 12.2 Å². The van der Waals surface area contributed by atoms with Crippen LogP contribution < -0.4 is 15.8 Å². The van der Waals surface area contributed by atoms with Crippen LogP contribution in [-0.4, -0.2) is 27.4 Å². The predicted molar refractivity (Wildman–Crippen MR) is 95.7 cm³/mol. The number of halogens is 1. The Hall–Kier alpha value is -1.15. The molecule has 24 heavy (non-hydrogen) atoms. The Labute approximate surface area is 149 Å². The Kier molecular flexibility index (Phi) is 5.59. The minimum absolute atomic E-state index is 0. The summed E-state index contributed by atoms with van der Waals surface area (Å²) in [6, 6.07) is 4.83. The van der Waals surface area contributed by atoms with Gasteiger partial charge in [-0.25, -0.2) is 13.6 Å². The van der Waals surface area contributed by atoms with Gasteiger partial charge < -0.3 is 10.6 Å². The van der Waals surface area contributed by atoms with Crippen molar-refractivity contribution in [2.24, 2.45) is 16.5 Å². The first-order valence-electron chi connectivity index (χ1n) is 7.98. The zero-order valence-corrected chi connectivity index (χ0v) is 15.3. The highest BCUT2D eigenvalue weighted by molar-refractivity contribution is 7.89. The Morgan fingerprint density at radius 3 is 2.83 bits per heavy atom. The van der Waals surface area contributed by atoms with E-state index in [1.54, 1.807) is 19.1 Å². The first kappa shape index (κ1) is 19.2. The average molecular weight is 374 g/mol. The molecule has 1 aliphatic carbocycles. The highest BCUT2D eigenvalue weighted by Crippen LogP contribution is 2.44. The van der Waals surface area contributed by atoms with Crippen LogP contribution in [0.2, 0.25) is 0 Å². The minimum atomic E-state index is -3.80. The molecular weight excluding hydrogens is 350 g/mol. The normalized spacial score (nSPS) is 26.3. The summed E-state index contributed by atoms with van der Waals surface area (Å²) in [4.78, 5) is 12.9. The molecule has 0 spiro atoms. The van der Waals surface area contributed by atoms with Gasteiger partial charge in [-0.3, -0.25) is 4.79 Å². The van der Waals surface area contributed by atoms with Crippen molar-refractivity contribution in [2.75, 3.05) is 18.4 Å². The Bertz CT molecular complexity index is 738. The van der Waals surface area contributed by atoms with Crippen LogP contribution in [0.3, 0.4) is 0 Å². The lowest BCUT2D eigenvalue weighted by Crippen LogP contribution is -2.44. The summed E-state index contributed by atoms with van der Waals surface area (Å²) in [5.74, 6) is 0.343. The number of hydrogen-bond donors (Lipinski definition) is 3. The molecule has 4 N–H and O–H groups in total. The van der Waals surface area contributed by atoms with E-state index < -0.39 is 10.0 Å². The molecule has 1 aromatic rings. The van der Waals surface area contributed by atoms with Crippen molar-refractivity contribution in [1.29, 1.82) is 0 Å². The first-order valence-corrected chi connectivity index (χ1v) is 9.53. The van der Waals surface area contributed by atoms with Crippen LogP contribution >= 0.6 is 12.4 Å². The van der Waals surface area contributed by atoms with E-state index in [9.17, 15) is 13.2 Å². The molecule has 1 aromatic carbocycles. The quantitative estimate of drug-likeness (QED) is 0.751. The molecule has 1 aliphatic heterocycles. The minimum Gasteiger partial charge on any atom is -0.326 e. The van der Waals surface area contributed by atoms with Crippen molar-refractivity contribution < 1.29 is 13.2 Å². The van der Waals surface area contributed by atoms with Gasteiger partial charge in [-0.1, -0.05) is 18.9 Å². The third-order valence-electron chi connectivity index (χ3n) is 5.24. The largest absolute Gasteiger partial charge is 0.326 e. The smallest absolute Gasteiger partial charge is 0.238 e. The summed E-state index contributed by atoms with van der Waals surface area (Å²) in [7, 11) is -3.80. The van der Waals surface area contributed by atoms with E-state index >= 15 is 0 Å². The number of benzene rings is 1. The number of nitrogens with two attached hydrogens (primary N) is 1. The molecule has 1 heterocycles. The number of amides is 1. The zero-order chi connectivity index (χ0) is 16.7. The maximum atomic E-state index is 12.9. The maximum absolute atomic E-state index is 12.9. The number of fused-ring (bicyclic) bond motifs is 1. The van der Waals surface area contributed by atoms with Crippen LogP contribution in [0.1, 0.15) is 31.2 Å². The number of rotatable bonds is 3. The van der Waals surface area contributed by atoms with Crippen molar-refractivity contribution in [3.05, 3.63) is 23.8 Å². The molecule has 1 amide bonds. The van der Waals surface area contributed by atoms with Crippen molar-refractivity contribution >= 4 is 34.0 Å². The number of anilines is 1. The fraction of sp³-hybridized carbons (Fsp3) is 0.562. The van der Waals surface area contributed by atoms with Gasteiger partial charge in [0.1, 0.15) is 0 Å². The molecule has 1 saturated heterocycles. The Morgan fingerprint density at radius 1 is 1.38 bits per heavy atom. The first-order chi connectivity index (χ1) is 10.8. The number of hydrogen-bond acceptors (Lipinski definition) is 4. The summed E-state index contributed by atoms with van der Waals surface area (Å²) >= 11 is 0. The number of primary sulfonamides is 1. The van der Waals surface area contributed by atoms with Crippen molar-refractivity contribution in [1.82, 2.24) is 5.32 Å². The number of sulfonamides is 1. The van der Waals surface area contributed by atoms with E-state index in [0.717, 1.165) is 25.8 Å². The topological polar surface area (TPSA) is 101 Å². The third-order valence-corrected chi connectivity index (χ3v) is 6.30. The standard InChI is InChI=1S/C16H23N3O3S.ClH/c1-11-5-6-13(8-14(11)23(17,21)22)19-15(20)16-7-3-2-4-12(16)9-18-10-16;/h5-6,8,12,18H,2-4,7,9-10H2,1H3,(H,19,20)(H2,17,21,22);1H/t12-,16+;/m0./s1. The second-order valence-corrected chi connectivity index (χ2v) is 8.24. The van der Waals surface area contributed by atoms with Gasteiger partial charge >= 0.3 is 0 Å². The number of aryl methyl sites for hydroxylation is 1. The van der Waals surface area contributed by atoms with Gasteiger partial charge in [0.15, 0.2) is 0 Å². The zero-order valence-electron chi connectivity index (χ0n) is 13.7. The van der Waals surface area contributed by atoms with Crippen LogP contribution in [-0.2, 0) is 14.8 Å². The highest BCUT2D eigenvalue weighted by Gasteiger charge is 2.49. The molecule has 2 fully saturated rings. The maximum Gasteiger partial charge on any atom is 0.238 e. The predicted octanol–water partition coefficient (Wildman–Crippen LogP) is 1.78. The van der Waals surface area contributed by atoms with Crippen LogP contribution in [0.15, 0.2) is 23.1 Å². The molecule has 2 aliphatic rings. The molecule has 1 saturated carbocycles. The van der Waals surface area contributed by atoms with Gasteiger partial charge in [-0.05, 0) is 49.9 Å². The van der Waals surface area contributed by atoms with Gasteiger partial charge in [-0.2, -0.15) is 0 Å². The second kappa shape index (κ2) is 7.00. The fourth-order valence-electron chi connectivity index (χ4n) is 3.93. The van der Waals surface area contributed by atoms with Gasteiger partial charge in [0.25, 0.3) is 0 Å². The van der Waals surface area contributed by atoms with Crippen LogP contribution in [0.25, 0.3) is 0 Å². The molecular formula is C16H24ClN3O3S. The average Bonchev–Trinajstić information content (AvgIpc) is 2.93. The number of carbonyl (C=O) groups is 1. The molecule has 3 rings (SSSR count). The second-order valence-electron chi connectivity index (χ2n) is 6.71. The van der Waals surface area contributed by atoms with E-state index in [1.165, 1.54) is 12.5 Å². The molecule has 134 valence electrons. The van der Waals surface area contributed by atoms with Crippen LogP contribution in [0.4, 0.5) is 5.69 Å². The van der Waals surface area contributed by atoms with E-state index in [2.05, 4.69) is 10.6 Å². The number of carbonyl (C=O) groups excluding carboxylic acids is 1. The summed E-state index contributed by atoms with van der Waals surface area (Å²) in [5, 5.41) is 11.5. The van der Waals surface area contributed by atoms with E-state index in [0.29, 0.717) is 23.7 Å². The molecule has 8 heteroatoms. The van der Waals surface area contributed by atoms with Crippen LogP contribution in [0, 0.1) is 18.3 Å². The molecule has 0 aromatic heterocycles.